The van der Waals surface area contributed by atoms with Crippen LogP contribution in [-0.4, -0.2) is 157 Å². The van der Waals surface area contributed by atoms with Gasteiger partial charge in [-0.25, -0.2) is 4.79 Å². The molecule has 0 aromatic heterocycles. The third-order valence-electron chi connectivity index (χ3n) is 18.8. The van der Waals surface area contributed by atoms with Crippen molar-refractivity contribution in [3.05, 3.63) is 108 Å². The molecule has 6 aliphatic rings. The summed E-state index contributed by atoms with van der Waals surface area (Å²) in [5.41, 5.74) is 16.1. The van der Waals surface area contributed by atoms with Crippen LogP contribution in [0, 0.1) is 87.3 Å². The first-order chi connectivity index (χ1) is 42.6. The highest BCUT2D eigenvalue weighted by Gasteiger charge is 2.30. The molecule has 0 aliphatic carbocycles. The number of benzene rings is 3. The lowest BCUT2D eigenvalue weighted by Crippen LogP contribution is -2.51. The summed E-state index contributed by atoms with van der Waals surface area (Å²) in [6.07, 6.45) is 6.32. The number of nitrogens with one attached hydrogen (secondary N) is 2. The van der Waals surface area contributed by atoms with E-state index in [1.807, 2.05) is 23.1 Å². The number of methoxy groups -OCH3 is 1. The van der Waals surface area contributed by atoms with Gasteiger partial charge in [-0.3, -0.25) is 29.1 Å². The van der Waals surface area contributed by atoms with Crippen molar-refractivity contribution in [2.45, 2.75) is 158 Å². The molecule has 508 valence electrons. The zero-order chi connectivity index (χ0) is 65.7. The number of carbonyl (C=O) groups is 4. The lowest BCUT2D eigenvalue weighted by molar-refractivity contribution is -0.136. The number of amides is 3. The number of carboxylic acids is 1. The summed E-state index contributed by atoms with van der Waals surface area (Å²) in [4.78, 5) is 54.3. The third kappa shape index (κ3) is 34.0. The fourth-order valence-corrected chi connectivity index (χ4v) is 11.4. The normalized spacial score (nSPS) is 26.2. The second-order valence-corrected chi connectivity index (χ2v) is 26.0. The van der Waals surface area contributed by atoms with Gasteiger partial charge in [0.25, 0.3) is 0 Å². The molecule has 0 radical (unpaired) electrons. The van der Waals surface area contributed by atoms with E-state index in [0.29, 0.717) is 42.2 Å². The molecule has 18 nitrogen and oxygen atoms in total. The number of piperidine rings is 6. The molecule has 3 aromatic rings. The molecule has 3 amide bonds. The van der Waals surface area contributed by atoms with Crippen molar-refractivity contribution >= 4 is 48.7 Å². The zero-order valence-corrected chi connectivity index (χ0v) is 58.2. The van der Waals surface area contributed by atoms with Gasteiger partial charge in [-0.05, 0) is 141 Å². The van der Waals surface area contributed by atoms with Gasteiger partial charge in [0.2, 0.25) is 11.8 Å². The van der Waals surface area contributed by atoms with Crippen LogP contribution in [0.3, 0.4) is 0 Å². The average Bonchev–Trinajstić information content (AvgIpc) is 3.15. The van der Waals surface area contributed by atoms with E-state index in [4.69, 9.17) is 32.4 Å². The first-order valence-electron chi connectivity index (χ1n) is 32.8. The molecule has 6 saturated heterocycles. The minimum atomic E-state index is -1.07. The fraction of sp³-hybridized carbons (Fsp3) is 0.648. The van der Waals surface area contributed by atoms with Gasteiger partial charge in [-0.15, -0.1) is 24.8 Å². The number of carbonyl (C=O) groups excluding carboxylic acids is 3. The van der Waals surface area contributed by atoms with Crippen molar-refractivity contribution < 1.29 is 29.0 Å². The van der Waals surface area contributed by atoms with Gasteiger partial charge >= 0.3 is 12.1 Å². The number of halogens is 2. The van der Waals surface area contributed by atoms with Crippen molar-refractivity contribution in [1.82, 2.24) is 35.1 Å². The van der Waals surface area contributed by atoms with Gasteiger partial charge in [0.15, 0.2) is 0 Å². The van der Waals surface area contributed by atoms with Crippen LogP contribution in [0.25, 0.3) is 0 Å². The molecule has 0 saturated carbocycles. The summed E-state index contributed by atoms with van der Waals surface area (Å²) in [5, 5.41) is 38.3. The van der Waals surface area contributed by atoms with Gasteiger partial charge in [-0.2, -0.15) is 15.8 Å². The van der Waals surface area contributed by atoms with Crippen LogP contribution >= 0.6 is 24.8 Å². The molecule has 91 heavy (non-hydrogen) atoms. The summed E-state index contributed by atoms with van der Waals surface area (Å²) in [5.74, 6) is 5.32. The summed E-state index contributed by atoms with van der Waals surface area (Å²) in [6, 6.07) is 37.7. The van der Waals surface area contributed by atoms with Crippen molar-refractivity contribution in [2.24, 2.45) is 64.7 Å². The van der Waals surface area contributed by atoms with Crippen LogP contribution in [0.2, 0.25) is 0 Å². The molecule has 3 aromatic carbocycles. The Morgan fingerprint density at radius 3 is 1.23 bits per heavy atom. The fourth-order valence-electron chi connectivity index (χ4n) is 11.4. The van der Waals surface area contributed by atoms with E-state index in [0.717, 1.165) is 102 Å². The predicted molar refractivity (Wildman–Crippen MR) is 369 cm³/mol. The van der Waals surface area contributed by atoms with Crippen LogP contribution in [0.5, 0.6) is 0 Å². The number of nitriles is 3. The molecule has 8 unspecified atom stereocenters. The maximum atomic E-state index is 11.4. The van der Waals surface area contributed by atoms with Crippen LogP contribution < -0.4 is 22.1 Å². The van der Waals surface area contributed by atoms with Crippen LogP contribution in [-0.2, 0) is 38.8 Å². The highest BCUT2D eigenvalue weighted by atomic mass is 35.5. The first kappa shape index (κ1) is 83.2. The second kappa shape index (κ2) is 47.1. The SMILES string of the molecule is CC1CCN(Cc2ccccc2)CC1C.CC1CCN(Cc2ccccc2)CC1N.CC1CCNCC1C.COC(=O)NC1CN(Cc2ccccc2)CCC1C.C[C@@H]1CCN(C(=O)CC#N)C[C@@H]1C.C[C@@H]1CCN(C(=O)CC#N)C[C@@H]1N.Cl.Cl.N#CCC(=O)O. The molecular weight excluding hydrogens is 1190 g/mol. The first-order valence-corrected chi connectivity index (χ1v) is 32.8. The Morgan fingerprint density at radius 1 is 0.495 bits per heavy atom. The maximum absolute atomic E-state index is 11.4. The van der Waals surface area contributed by atoms with Crippen molar-refractivity contribution in [2.75, 3.05) is 85.6 Å². The number of carboxylic acid groups (broad SMARTS) is 1. The molecule has 7 N–H and O–H groups in total. The summed E-state index contributed by atoms with van der Waals surface area (Å²) >= 11 is 0. The molecule has 0 spiro atoms. The number of likely N-dealkylation sites (tertiary alicyclic amines) is 5. The molecule has 0 bridgehead atoms. The van der Waals surface area contributed by atoms with E-state index >= 15 is 0 Å². The van der Waals surface area contributed by atoms with E-state index in [-0.39, 0.29) is 67.6 Å². The lowest BCUT2D eigenvalue weighted by Gasteiger charge is -2.37. The van der Waals surface area contributed by atoms with Crippen molar-refractivity contribution in [1.29, 1.82) is 15.8 Å². The monoisotopic (exact) mass is 1300 g/mol. The molecule has 6 heterocycles. The van der Waals surface area contributed by atoms with Crippen molar-refractivity contribution in [3.8, 4) is 18.2 Å². The molecule has 6 fully saturated rings. The lowest BCUT2D eigenvalue weighted by atomic mass is 9.88. The highest BCUT2D eigenvalue weighted by molar-refractivity contribution is 5.85. The van der Waals surface area contributed by atoms with Crippen molar-refractivity contribution in [3.63, 3.8) is 0 Å². The number of alkyl carbamates (subject to hydrolysis) is 1. The van der Waals surface area contributed by atoms with Gasteiger partial charge in [0.05, 0.1) is 25.3 Å². The minimum absolute atomic E-state index is 0. The number of hydrogen-bond donors (Lipinski definition) is 5. The Balaban J connectivity index is 0.000000540. The Bertz CT molecular complexity index is 2470. The number of aliphatic carboxylic acids is 1. The molecular formula is C71H114Cl2N12O6. The molecule has 12 atom stereocenters. The molecule has 9 rings (SSSR count). The van der Waals surface area contributed by atoms with E-state index in [9.17, 15) is 19.2 Å². The van der Waals surface area contributed by atoms with Crippen LogP contribution in [0.1, 0.15) is 137 Å². The number of rotatable bonds is 10. The van der Waals surface area contributed by atoms with Gasteiger partial charge in [0.1, 0.15) is 19.3 Å². The minimum Gasteiger partial charge on any atom is -0.480 e. The van der Waals surface area contributed by atoms with Gasteiger partial charge in [-0.1, -0.05) is 153 Å². The topological polar surface area (TPSA) is 261 Å². The maximum Gasteiger partial charge on any atom is 0.407 e. The highest BCUT2D eigenvalue weighted by Crippen LogP contribution is 2.25. The van der Waals surface area contributed by atoms with Crippen LogP contribution in [0.4, 0.5) is 4.79 Å². The van der Waals surface area contributed by atoms with E-state index in [2.05, 4.69) is 177 Å². The number of nitrogens with two attached hydrogens (primary N) is 2. The predicted octanol–water partition coefficient (Wildman–Crippen LogP) is 10.9. The van der Waals surface area contributed by atoms with E-state index in [1.165, 1.54) is 81.9 Å². The van der Waals surface area contributed by atoms with Gasteiger partial charge < -0.3 is 41.7 Å². The number of ether oxygens (including phenoxy) is 1. The Labute approximate surface area is 560 Å². The average molecular weight is 1300 g/mol. The third-order valence-corrected chi connectivity index (χ3v) is 18.8. The molecule has 6 aliphatic heterocycles. The number of nitrogens with zero attached hydrogens (tertiary/aromatic N) is 8. The standard InChI is InChI=1S/C15H22N2O2.C14H21N.C13H20N2.C10H16N2O.C9H15N3O.C7H15N.C3H3NO2.2ClH/c1-12-8-9-17(10-13-6-4-3-5-7-13)11-14(12)16-15(18)19-2;1-12-8-9-15(10-13(12)2)11-14-6-4-3-5-7-14;1-11-7-8-15(10-13(11)14)9-12-5-3-2-4-6-12;1-8-4-6-12(7-9(8)2)10(13)3-5-11;1-7-3-5-12(6-8(7)11)9(13)2-4-10;1-6-3-4-8-5-7(6)2;4-2-1-3(5)6;;/h3-7,12,14H,8-11H2,1-2H3,(H,16,18);3-7,12-13H,8-11H2,1-2H3;2-6,11,13H,7-10,14H2,1H3;8-9H,3-4,6-7H2,1-2H3;7-8H,2-3,5-6,11H2,1H3;6-8H,3-5H2,1-2H3;1H2,(H,5,6);2*1H/t;;;8-,9+;7-,8+;;;;/m...11..../s1. The quantitative estimate of drug-likeness (QED) is 0.126. The number of hydrogen-bond acceptors (Lipinski definition) is 14. The largest absolute Gasteiger partial charge is 0.480 e. The molecule has 20 heteroatoms. The Morgan fingerprint density at radius 2 is 0.868 bits per heavy atom. The summed E-state index contributed by atoms with van der Waals surface area (Å²) in [6.45, 7) is 35.6. The Hall–Kier alpha value is -5.85. The second-order valence-electron chi connectivity index (χ2n) is 26.0. The Kier molecular flexibility index (Phi) is 43.0. The summed E-state index contributed by atoms with van der Waals surface area (Å²) in [7, 11) is 1.41. The zero-order valence-electron chi connectivity index (χ0n) is 56.6. The van der Waals surface area contributed by atoms with Crippen LogP contribution in [0.15, 0.2) is 91.0 Å². The summed E-state index contributed by atoms with van der Waals surface area (Å²) < 4.78 is 4.69. The van der Waals surface area contributed by atoms with E-state index in [1.54, 1.807) is 4.90 Å². The smallest absolute Gasteiger partial charge is 0.407 e. The van der Waals surface area contributed by atoms with E-state index < -0.39 is 12.4 Å². The van der Waals surface area contributed by atoms with Gasteiger partial charge in [0, 0.05) is 83.6 Å².